The van der Waals surface area contributed by atoms with Crippen LogP contribution in [0, 0.1) is 0 Å². The van der Waals surface area contributed by atoms with Gasteiger partial charge in [0.1, 0.15) is 0 Å². The minimum atomic E-state index is -0.0465. The van der Waals surface area contributed by atoms with E-state index < -0.39 is 0 Å². The summed E-state index contributed by atoms with van der Waals surface area (Å²) >= 11 is 0. The maximum Gasteiger partial charge on any atom is 0.188 e. The van der Waals surface area contributed by atoms with Crippen molar-refractivity contribution in [2.45, 2.75) is 0 Å². The topological polar surface area (TPSA) is 22.0 Å². The Morgan fingerprint density at radius 1 is 0.917 bits per heavy atom. The van der Waals surface area contributed by atoms with Crippen molar-refractivity contribution in [1.29, 1.82) is 0 Å². The third-order valence-electron chi connectivity index (χ3n) is 4.56. The van der Waals surface area contributed by atoms with Crippen LogP contribution in [0.4, 0.5) is 0 Å². The van der Waals surface area contributed by atoms with E-state index in [0.717, 1.165) is 33.1 Å². The Hall–Kier alpha value is -3.13. The molecule has 116 valence electrons. The molecule has 0 N–H and O–H groups in total. The van der Waals surface area contributed by atoms with Gasteiger partial charge in [0.2, 0.25) is 0 Å². The van der Waals surface area contributed by atoms with Gasteiger partial charge in [0, 0.05) is 17.8 Å². The van der Waals surface area contributed by atoms with Gasteiger partial charge in [-0.25, -0.2) is 0 Å². The Bertz CT molecular complexity index is 1090. The highest BCUT2D eigenvalue weighted by atomic mass is 16.1. The zero-order chi connectivity index (χ0) is 16.7. The van der Waals surface area contributed by atoms with Crippen LogP contribution in [-0.4, -0.2) is 10.4 Å². The number of carbonyl (C=O) groups is 1. The fourth-order valence-corrected chi connectivity index (χ4v) is 3.51. The van der Waals surface area contributed by atoms with Crippen molar-refractivity contribution in [1.82, 2.24) is 4.57 Å². The first-order valence-corrected chi connectivity index (χ1v) is 7.94. The van der Waals surface area contributed by atoms with E-state index >= 15 is 0 Å². The van der Waals surface area contributed by atoms with Crippen molar-refractivity contribution in [3.05, 3.63) is 84.9 Å². The summed E-state index contributed by atoms with van der Waals surface area (Å²) in [6, 6.07) is 22.4. The Labute approximate surface area is 140 Å². The van der Waals surface area contributed by atoms with Crippen LogP contribution in [0.1, 0.15) is 10.4 Å². The van der Waals surface area contributed by atoms with Gasteiger partial charge in [-0.15, -0.1) is 0 Å². The molecule has 3 aromatic carbocycles. The molecule has 0 saturated carbocycles. The summed E-state index contributed by atoms with van der Waals surface area (Å²) in [5, 5.41) is 3.29. The first kappa shape index (κ1) is 14.5. The minimum absolute atomic E-state index is 0.0465. The van der Waals surface area contributed by atoms with Crippen molar-refractivity contribution >= 4 is 27.5 Å². The van der Waals surface area contributed by atoms with E-state index in [0.29, 0.717) is 0 Å². The van der Waals surface area contributed by atoms with E-state index in [1.807, 2.05) is 55.6 Å². The maximum atomic E-state index is 12.6. The number of nitrogens with zero attached hydrogens (tertiary/aromatic N) is 1. The molecule has 0 saturated heterocycles. The zero-order valence-electron chi connectivity index (χ0n) is 13.5. The molecule has 4 aromatic rings. The summed E-state index contributed by atoms with van der Waals surface area (Å²) in [7, 11) is 2.02. The quantitative estimate of drug-likeness (QED) is 0.368. The summed E-state index contributed by atoms with van der Waals surface area (Å²) in [6.07, 6.45) is 1.40. The fourth-order valence-electron chi connectivity index (χ4n) is 3.51. The van der Waals surface area contributed by atoms with Crippen LogP contribution in [0.2, 0.25) is 0 Å². The lowest BCUT2D eigenvalue weighted by atomic mass is 10.00. The molecular weight excluding hydrogens is 294 g/mol. The van der Waals surface area contributed by atoms with Gasteiger partial charge in [0.15, 0.2) is 5.78 Å². The summed E-state index contributed by atoms with van der Waals surface area (Å²) in [4.78, 5) is 12.6. The van der Waals surface area contributed by atoms with E-state index in [9.17, 15) is 4.79 Å². The Kier molecular flexibility index (Phi) is 3.31. The van der Waals surface area contributed by atoms with Gasteiger partial charge in [-0.1, -0.05) is 73.3 Å². The minimum Gasteiger partial charge on any atom is -0.342 e. The van der Waals surface area contributed by atoms with Crippen molar-refractivity contribution in [3.8, 4) is 11.3 Å². The van der Waals surface area contributed by atoms with Gasteiger partial charge >= 0.3 is 0 Å². The molecule has 0 atom stereocenters. The second-order valence-electron chi connectivity index (χ2n) is 5.90. The van der Waals surface area contributed by atoms with Gasteiger partial charge in [-0.3, -0.25) is 4.79 Å². The van der Waals surface area contributed by atoms with E-state index in [2.05, 4.69) is 29.3 Å². The van der Waals surface area contributed by atoms with Crippen LogP contribution in [0.25, 0.3) is 32.9 Å². The summed E-state index contributed by atoms with van der Waals surface area (Å²) in [5.41, 5.74) is 3.77. The third-order valence-corrected chi connectivity index (χ3v) is 4.56. The monoisotopic (exact) mass is 311 g/mol. The van der Waals surface area contributed by atoms with Gasteiger partial charge in [-0.05, 0) is 17.0 Å². The Morgan fingerprint density at radius 3 is 2.38 bits per heavy atom. The number of carbonyl (C=O) groups excluding carboxylic acids is 1. The highest BCUT2D eigenvalue weighted by molar-refractivity contribution is 6.22. The Morgan fingerprint density at radius 2 is 1.62 bits per heavy atom. The molecule has 1 aromatic heterocycles. The molecule has 4 rings (SSSR count). The van der Waals surface area contributed by atoms with Gasteiger partial charge in [0.25, 0.3) is 0 Å². The van der Waals surface area contributed by atoms with Crippen molar-refractivity contribution < 1.29 is 4.79 Å². The molecule has 0 aliphatic heterocycles. The number of fused-ring (bicyclic) bond motifs is 3. The molecule has 0 aliphatic carbocycles. The molecule has 1 heterocycles. The van der Waals surface area contributed by atoms with E-state index in [4.69, 9.17) is 0 Å². The number of allylic oxidation sites excluding steroid dienone is 1. The second kappa shape index (κ2) is 5.50. The highest BCUT2D eigenvalue weighted by Gasteiger charge is 2.21. The van der Waals surface area contributed by atoms with Crippen LogP contribution >= 0.6 is 0 Å². The van der Waals surface area contributed by atoms with Crippen LogP contribution in [0.3, 0.4) is 0 Å². The number of benzene rings is 3. The molecule has 0 bridgehead atoms. The first-order valence-electron chi connectivity index (χ1n) is 7.94. The van der Waals surface area contributed by atoms with Gasteiger partial charge < -0.3 is 4.57 Å². The number of rotatable bonds is 3. The average molecular weight is 311 g/mol. The molecule has 0 unspecified atom stereocenters. The lowest BCUT2D eigenvalue weighted by molar-refractivity contribution is 0.104. The molecule has 0 radical (unpaired) electrons. The highest BCUT2D eigenvalue weighted by Crippen LogP contribution is 2.37. The first-order chi connectivity index (χ1) is 11.7. The third kappa shape index (κ3) is 2.00. The molecular formula is C22H17NO. The van der Waals surface area contributed by atoms with Crippen LogP contribution in [-0.2, 0) is 7.05 Å². The summed E-state index contributed by atoms with van der Waals surface area (Å²) < 4.78 is 2.13. The second-order valence-corrected chi connectivity index (χ2v) is 5.90. The van der Waals surface area contributed by atoms with Crippen LogP contribution < -0.4 is 0 Å². The number of hydrogen-bond donors (Lipinski definition) is 0. The van der Waals surface area contributed by atoms with Crippen molar-refractivity contribution in [2.75, 3.05) is 0 Å². The standard InChI is InChI=1S/C22H17NO/c1-3-19(24)20-18-14-13-15-9-7-8-12-17(15)22(18)23(2)21(20)16-10-5-4-6-11-16/h3-14H,1H2,2H3. The summed E-state index contributed by atoms with van der Waals surface area (Å²) in [5.74, 6) is -0.0465. The van der Waals surface area contributed by atoms with Crippen LogP contribution in [0.15, 0.2) is 79.4 Å². The molecule has 2 nitrogen and oxygen atoms in total. The lowest BCUT2D eigenvalue weighted by Crippen LogP contribution is -1.98. The number of hydrogen-bond acceptors (Lipinski definition) is 1. The number of aromatic nitrogens is 1. The maximum absolute atomic E-state index is 12.6. The molecule has 24 heavy (non-hydrogen) atoms. The number of ketones is 1. The predicted molar refractivity (Wildman–Crippen MR) is 100 cm³/mol. The van der Waals surface area contributed by atoms with Gasteiger partial charge in [-0.2, -0.15) is 0 Å². The number of aryl methyl sites for hydroxylation is 1. The molecule has 0 amide bonds. The summed E-state index contributed by atoms with van der Waals surface area (Å²) in [6.45, 7) is 3.69. The smallest absolute Gasteiger partial charge is 0.188 e. The predicted octanol–water partition coefficient (Wildman–Crippen LogP) is 5.37. The zero-order valence-corrected chi connectivity index (χ0v) is 13.5. The largest absolute Gasteiger partial charge is 0.342 e. The van der Waals surface area contributed by atoms with Gasteiger partial charge in [0.05, 0.1) is 16.8 Å². The molecule has 0 fully saturated rings. The van der Waals surface area contributed by atoms with Crippen LogP contribution in [0.5, 0.6) is 0 Å². The van der Waals surface area contributed by atoms with E-state index in [-0.39, 0.29) is 5.78 Å². The average Bonchev–Trinajstić information content (AvgIpc) is 2.95. The lowest BCUT2D eigenvalue weighted by Gasteiger charge is -2.07. The molecule has 0 aliphatic rings. The van der Waals surface area contributed by atoms with E-state index in [1.54, 1.807) is 0 Å². The van der Waals surface area contributed by atoms with E-state index in [1.165, 1.54) is 11.5 Å². The normalized spacial score (nSPS) is 11.0. The Balaban J connectivity index is 2.22. The van der Waals surface area contributed by atoms with Crippen molar-refractivity contribution in [3.63, 3.8) is 0 Å². The molecule has 2 heteroatoms. The SMILES string of the molecule is C=CC(=O)c1c(-c2ccccc2)n(C)c2c1ccc1ccccc12. The molecule has 0 spiro atoms. The van der Waals surface area contributed by atoms with Crippen molar-refractivity contribution in [2.24, 2.45) is 7.05 Å². The fraction of sp³-hybridized carbons (Fsp3) is 0.0455.